The van der Waals surface area contributed by atoms with Crippen LogP contribution in [-0.4, -0.2) is 80.2 Å². The first-order valence-electron chi connectivity index (χ1n) is 9.64. The molecule has 2 fully saturated rings. The van der Waals surface area contributed by atoms with E-state index in [9.17, 15) is 9.59 Å². The van der Waals surface area contributed by atoms with Crippen molar-refractivity contribution in [1.29, 1.82) is 0 Å². The number of nitrogens with one attached hydrogen (secondary N) is 1. The minimum atomic E-state index is -0.233. The number of methoxy groups -OCH3 is 3. The number of ether oxygens (including phenoxy) is 4. The summed E-state index contributed by atoms with van der Waals surface area (Å²) in [5.41, 5.74) is 3.54. The average Bonchev–Trinajstić information content (AvgIpc) is 3.04. The van der Waals surface area contributed by atoms with Crippen molar-refractivity contribution in [2.24, 2.45) is 0 Å². The fourth-order valence-corrected chi connectivity index (χ4v) is 4.46. The van der Waals surface area contributed by atoms with Crippen LogP contribution in [-0.2, 0) is 14.3 Å². The van der Waals surface area contributed by atoms with Crippen LogP contribution in [0.15, 0.2) is 17.0 Å². The number of morpholine rings is 1. The van der Waals surface area contributed by atoms with Gasteiger partial charge in [0.2, 0.25) is 11.7 Å². The molecule has 31 heavy (non-hydrogen) atoms. The molecular formula is C20H25N3O6S2. The van der Waals surface area contributed by atoms with E-state index in [1.165, 1.54) is 38.0 Å². The van der Waals surface area contributed by atoms with Crippen molar-refractivity contribution in [3.05, 3.63) is 22.6 Å². The molecule has 0 aliphatic carbocycles. The van der Waals surface area contributed by atoms with Crippen LogP contribution in [0.2, 0.25) is 0 Å². The van der Waals surface area contributed by atoms with E-state index in [1.54, 1.807) is 18.2 Å². The normalized spacial score (nSPS) is 18.4. The van der Waals surface area contributed by atoms with Gasteiger partial charge in [-0.05, 0) is 23.8 Å². The number of thioether (sulfide) groups is 1. The fraction of sp³-hybridized carbons (Fsp3) is 0.450. The van der Waals surface area contributed by atoms with Crippen LogP contribution in [0.3, 0.4) is 0 Å². The Morgan fingerprint density at radius 2 is 1.84 bits per heavy atom. The third-order valence-electron chi connectivity index (χ3n) is 4.71. The van der Waals surface area contributed by atoms with Gasteiger partial charge in [0.25, 0.3) is 5.91 Å². The first kappa shape index (κ1) is 23.3. The quantitative estimate of drug-likeness (QED) is 0.453. The molecule has 2 aliphatic rings. The number of carbonyl (C=O) groups is 2. The van der Waals surface area contributed by atoms with Crippen molar-refractivity contribution < 1.29 is 28.5 Å². The van der Waals surface area contributed by atoms with Crippen molar-refractivity contribution in [3.63, 3.8) is 0 Å². The van der Waals surface area contributed by atoms with E-state index in [1.807, 2.05) is 5.01 Å². The molecule has 2 amide bonds. The maximum atomic E-state index is 12.9. The molecule has 0 radical (unpaired) electrons. The van der Waals surface area contributed by atoms with Crippen LogP contribution in [0.5, 0.6) is 17.2 Å². The van der Waals surface area contributed by atoms with E-state index >= 15 is 0 Å². The molecule has 2 heterocycles. The number of nitrogens with zero attached hydrogens (tertiary/aromatic N) is 2. The second kappa shape index (κ2) is 10.8. The molecule has 2 saturated heterocycles. The zero-order valence-corrected chi connectivity index (χ0v) is 19.3. The van der Waals surface area contributed by atoms with Gasteiger partial charge < -0.3 is 18.9 Å². The number of rotatable bonds is 8. The molecule has 168 valence electrons. The summed E-state index contributed by atoms with van der Waals surface area (Å²) >= 11 is 6.56. The zero-order chi connectivity index (χ0) is 22.4. The molecule has 11 heteroatoms. The molecule has 0 aromatic heterocycles. The van der Waals surface area contributed by atoms with Crippen LogP contribution in [0, 0.1) is 0 Å². The molecule has 1 aromatic rings. The van der Waals surface area contributed by atoms with Crippen LogP contribution in [0.25, 0.3) is 6.08 Å². The van der Waals surface area contributed by atoms with Crippen LogP contribution in [0.1, 0.15) is 12.0 Å². The maximum absolute atomic E-state index is 12.9. The Labute approximate surface area is 190 Å². The molecule has 0 bridgehead atoms. The number of thiocarbonyl (C=S) groups is 1. The Bertz CT molecular complexity index is 861. The van der Waals surface area contributed by atoms with Gasteiger partial charge in [-0.25, -0.2) is 5.01 Å². The lowest BCUT2D eigenvalue weighted by Crippen LogP contribution is -2.49. The molecule has 1 N–H and O–H groups in total. The lowest BCUT2D eigenvalue weighted by Gasteiger charge is -2.27. The number of hydrazine groups is 1. The third kappa shape index (κ3) is 5.67. The topological polar surface area (TPSA) is 89.6 Å². The second-order valence-electron chi connectivity index (χ2n) is 6.68. The average molecular weight is 468 g/mol. The summed E-state index contributed by atoms with van der Waals surface area (Å²) in [6.07, 6.45) is 1.87. The Morgan fingerprint density at radius 3 is 2.42 bits per heavy atom. The summed E-state index contributed by atoms with van der Waals surface area (Å²) in [5, 5.41) is 1.82. The van der Waals surface area contributed by atoms with Gasteiger partial charge in [-0.2, -0.15) is 0 Å². The lowest BCUT2D eigenvalue weighted by atomic mass is 10.1. The Kier molecular flexibility index (Phi) is 8.13. The summed E-state index contributed by atoms with van der Waals surface area (Å²) in [6.45, 7) is 2.67. The predicted octanol–water partition coefficient (Wildman–Crippen LogP) is 1.67. The number of benzene rings is 1. The molecular weight excluding hydrogens is 442 g/mol. The van der Waals surface area contributed by atoms with Gasteiger partial charge in [-0.1, -0.05) is 24.0 Å². The summed E-state index contributed by atoms with van der Waals surface area (Å²) in [5.74, 6) is 1.06. The number of hydrogen-bond donors (Lipinski definition) is 1. The number of carbonyl (C=O) groups excluding carboxylic acids is 2. The smallest absolute Gasteiger partial charge is 0.266 e. The van der Waals surface area contributed by atoms with Crippen LogP contribution < -0.4 is 19.6 Å². The first-order chi connectivity index (χ1) is 15.0. The minimum Gasteiger partial charge on any atom is -0.493 e. The lowest BCUT2D eigenvalue weighted by molar-refractivity contribution is -0.128. The van der Waals surface area contributed by atoms with E-state index < -0.39 is 0 Å². The zero-order valence-electron chi connectivity index (χ0n) is 17.6. The van der Waals surface area contributed by atoms with Gasteiger partial charge in [0.05, 0.1) is 39.4 Å². The molecule has 0 spiro atoms. The van der Waals surface area contributed by atoms with Gasteiger partial charge in [0, 0.05) is 26.1 Å². The van der Waals surface area contributed by atoms with E-state index in [4.69, 9.17) is 31.2 Å². The van der Waals surface area contributed by atoms with Crippen molar-refractivity contribution in [3.8, 4) is 17.2 Å². The Hall–Kier alpha value is -2.34. The van der Waals surface area contributed by atoms with Crippen LogP contribution >= 0.6 is 24.0 Å². The number of amides is 2. The van der Waals surface area contributed by atoms with Crippen LogP contribution in [0.4, 0.5) is 0 Å². The molecule has 2 aliphatic heterocycles. The van der Waals surface area contributed by atoms with Gasteiger partial charge in [-0.3, -0.25) is 19.9 Å². The molecule has 0 atom stereocenters. The second-order valence-corrected chi connectivity index (χ2v) is 8.35. The first-order valence-corrected chi connectivity index (χ1v) is 10.9. The third-order valence-corrected chi connectivity index (χ3v) is 6.09. The standard InChI is InChI=1S/C20H25N3O6S2/c1-26-14-10-13(11-15(27-2)18(14)28-3)12-16-19(25)23(20(30)31-16)5-4-17(24)21-22-6-8-29-9-7-22/h10-12H,4-9H2,1-3H3,(H,21,24)/b16-12-. The summed E-state index contributed by atoms with van der Waals surface area (Å²) in [6, 6.07) is 3.51. The van der Waals surface area contributed by atoms with E-state index in [-0.39, 0.29) is 24.8 Å². The highest BCUT2D eigenvalue weighted by Gasteiger charge is 2.32. The van der Waals surface area contributed by atoms with Gasteiger partial charge >= 0.3 is 0 Å². The van der Waals surface area contributed by atoms with Crippen molar-refractivity contribution in [2.75, 3.05) is 54.2 Å². The molecule has 9 nitrogen and oxygen atoms in total. The summed E-state index contributed by atoms with van der Waals surface area (Å²) in [4.78, 5) is 27.0. The highest BCUT2D eigenvalue weighted by molar-refractivity contribution is 8.26. The Morgan fingerprint density at radius 1 is 1.19 bits per heavy atom. The van der Waals surface area contributed by atoms with Crippen molar-refractivity contribution in [2.45, 2.75) is 6.42 Å². The largest absolute Gasteiger partial charge is 0.493 e. The fourth-order valence-electron chi connectivity index (χ4n) is 3.15. The van der Waals surface area contributed by atoms with E-state index in [0.29, 0.717) is 58.3 Å². The number of hydrogen-bond acceptors (Lipinski definition) is 9. The predicted molar refractivity (Wildman–Crippen MR) is 121 cm³/mol. The van der Waals surface area contributed by atoms with E-state index in [0.717, 1.165) is 0 Å². The Balaban J connectivity index is 1.67. The highest BCUT2D eigenvalue weighted by atomic mass is 32.2. The minimum absolute atomic E-state index is 0.154. The monoisotopic (exact) mass is 467 g/mol. The van der Waals surface area contributed by atoms with E-state index in [2.05, 4.69) is 5.43 Å². The highest BCUT2D eigenvalue weighted by Crippen LogP contribution is 2.40. The summed E-state index contributed by atoms with van der Waals surface area (Å²) in [7, 11) is 4.59. The van der Waals surface area contributed by atoms with Crippen molar-refractivity contribution >= 4 is 46.2 Å². The maximum Gasteiger partial charge on any atom is 0.266 e. The van der Waals surface area contributed by atoms with Gasteiger partial charge in [-0.15, -0.1) is 0 Å². The van der Waals surface area contributed by atoms with Crippen molar-refractivity contribution in [1.82, 2.24) is 15.3 Å². The SMILES string of the molecule is COc1cc(/C=C2\SC(=S)N(CCC(=O)NN3CCOCC3)C2=O)cc(OC)c1OC. The molecule has 0 unspecified atom stereocenters. The summed E-state index contributed by atoms with van der Waals surface area (Å²) < 4.78 is 21.7. The van der Waals surface area contributed by atoms with Gasteiger partial charge in [0.1, 0.15) is 4.32 Å². The molecule has 0 saturated carbocycles. The molecule has 3 rings (SSSR count). The molecule has 1 aromatic carbocycles. The van der Waals surface area contributed by atoms with Gasteiger partial charge in [0.15, 0.2) is 11.5 Å².